The summed E-state index contributed by atoms with van der Waals surface area (Å²) in [6.45, 7) is 1.67. The molecule has 0 aliphatic heterocycles. The Labute approximate surface area is 124 Å². The Balaban J connectivity index is 1.89. The Morgan fingerprint density at radius 3 is 2.76 bits per heavy atom. The Morgan fingerprint density at radius 2 is 2.05 bits per heavy atom. The molecule has 1 N–H and O–H groups in total. The Bertz CT molecular complexity index is 772. The van der Waals surface area contributed by atoms with Crippen LogP contribution in [-0.4, -0.2) is 9.97 Å². The normalized spacial score (nSPS) is 10.6. The van der Waals surface area contributed by atoms with Gasteiger partial charge >= 0.3 is 0 Å². The fraction of sp³-hybridized carbons (Fsp3) is 0.0667. The van der Waals surface area contributed by atoms with Crippen LogP contribution in [0.2, 0.25) is 0 Å². The summed E-state index contributed by atoms with van der Waals surface area (Å²) in [5, 5.41) is 3.01. The summed E-state index contributed by atoms with van der Waals surface area (Å²) in [6, 6.07) is 8.08. The first-order valence-corrected chi connectivity index (χ1v) is 7.05. The predicted octanol–water partition coefficient (Wildman–Crippen LogP) is 4.54. The third-order valence-electron chi connectivity index (χ3n) is 2.93. The highest BCUT2D eigenvalue weighted by Gasteiger charge is 2.13. The van der Waals surface area contributed by atoms with Crippen LogP contribution in [0.25, 0.3) is 11.3 Å². The minimum absolute atomic E-state index is 0.259. The van der Waals surface area contributed by atoms with E-state index in [0.717, 1.165) is 11.3 Å². The van der Waals surface area contributed by atoms with Crippen molar-refractivity contribution >= 4 is 22.2 Å². The number of benzene rings is 1. The van der Waals surface area contributed by atoms with Crippen molar-refractivity contribution in [2.24, 2.45) is 0 Å². The van der Waals surface area contributed by atoms with Crippen LogP contribution < -0.4 is 5.32 Å². The largest absolute Gasteiger partial charge is 0.331 e. The molecule has 0 atom stereocenters. The second-order valence-corrected chi connectivity index (χ2v) is 5.42. The molecule has 21 heavy (non-hydrogen) atoms. The van der Waals surface area contributed by atoms with Gasteiger partial charge in [0.25, 0.3) is 0 Å². The molecule has 3 rings (SSSR count). The van der Waals surface area contributed by atoms with Crippen LogP contribution in [0.15, 0.2) is 42.7 Å². The predicted molar refractivity (Wildman–Crippen MR) is 79.7 cm³/mol. The van der Waals surface area contributed by atoms with Crippen LogP contribution in [0.4, 0.5) is 19.6 Å². The maximum Gasteiger partial charge on any atom is 0.206 e. The lowest BCUT2D eigenvalue weighted by Gasteiger charge is -2.04. The van der Waals surface area contributed by atoms with Gasteiger partial charge in [0, 0.05) is 23.6 Å². The van der Waals surface area contributed by atoms with E-state index in [9.17, 15) is 8.78 Å². The Hall–Kier alpha value is -2.34. The van der Waals surface area contributed by atoms with Crippen LogP contribution >= 0.6 is 11.3 Å². The summed E-state index contributed by atoms with van der Waals surface area (Å²) >= 11 is 0.904. The van der Waals surface area contributed by atoms with Gasteiger partial charge in [-0.2, -0.15) is 4.39 Å². The van der Waals surface area contributed by atoms with Gasteiger partial charge in [0.05, 0.1) is 0 Å². The van der Waals surface area contributed by atoms with Gasteiger partial charge in [0.1, 0.15) is 11.5 Å². The molecule has 2 heterocycles. The minimum Gasteiger partial charge on any atom is -0.331 e. The summed E-state index contributed by atoms with van der Waals surface area (Å²) in [5.74, 6) is -0.276. The van der Waals surface area contributed by atoms with Gasteiger partial charge < -0.3 is 5.32 Å². The molecule has 1 aromatic carbocycles. The third-order valence-corrected chi connectivity index (χ3v) is 3.69. The number of aryl methyl sites for hydroxylation is 1. The average Bonchev–Trinajstić information content (AvgIpc) is 2.84. The first-order chi connectivity index (χ1) is 10.1. The van der Waals surface area contributed by atoms with E-state index in [-0.39, 0.29) is 16.6 Å². The van der Waals surface area contributed by atoms with Gasteiger partial charge in [0.15, 0.2) is 5.13 Å². The quantitative estimate of drug-likeness (QED) is 0.772. The van der Waals surface area contributed by atoms with Gasteiger partial charge in [-0.05, 0) is 42.8 Å². The fourth-order valence-corrected chi connectivity index (χ4v) is 2.62. The topological polar surface area (TPSA) is 37.8 Å². The smallest absolute Gasteiger partial charge is 0.206 e. The number of halogens is 2. The van der Waals surface area contributed by atoms with Crippen LogP contribution in [-0.2, 0) is 0 Å². The summed E-state index contributed by atoms with van der Waals surface area (Å²) < 4.78 is 27.2. The van der Waals surface area contributed by atoms with E-state index in [1.807, 2.05) is 0 Å². The molecule has 0 spiro atoms. The highest BCUT2D eigenvalue weighted by molar-refractivity contribution is 7.14. The highest BCUT2D eigenvalue weighted by Crippen LogP contribution is 2.31. The highest BCUT2D eigenvalue weighted by atomic mass is 32.1. The molecule has 3 nitrogen and oxygen atoms in total. The zero-order valence-corrected chi connectivity index (χ0v) is 11.9. The molecular formula is C15H11F2N3S. The van der Waals surface area contributed by atoms with Crippen molar-refractivity contribution in [3.63, 3.8) is 0 Å². The van der Waals surface area contributed by atoms with Crippen molar-refractivity contribution in [3.8, 4) is 11.3 Å². The third kappa shape index (κ3) is 2.90. The number of anilines is 2. The lowest BCUT2D eigenvalue weighted by molar-refractivity contribution is 0.619. The number of hydrogen-bond donors (Lipinski definition) is 1. The molecule has 0 bridgehead atoms. The van der Waals surface area contributed by atoms with E-state index in [0.29, 0.717) is 21.9 Å². The van der Waals surface area contributed by atoms with Crippen molar-refractivity contribution in [1.29, 1.82) is 0 Å². The molecule has 3 aromatic rings. The van der Waals surface area contributed by atoms with Crippen LogP contribution in [0.3, 0.4) is 0 Å². The van der Waals surface area contributed by atoms with Gasteiger partial charge in [-0.25, -0.2) is 9.37 Å². The van der Waals surface area contributed by atoms with Crippen LogP contribution in [0.1, 0.15) is 5.56 Å². The fourth-order valence-electron chi connectivity index (χ4n) is 1.88. The van der Waals surface area contributed by atoms with E-state index >= 15 is 0 Å². The minimum atomic E-state index is -0.385. The number of thiazole rings is 1. The lowest BCUT2D eigenvalue weighted by Crippen LogP contribution is -1.92. The average molecular weight is 303 g/mol. The van der Waals surface area contributed by atoms with E-state index in [2.05, 4.69) is 15.3 Å². The van der Waals surface area contributed by atoms with Crippen molar-refractivity contribution in [2.75, 3.05) is 5.32 Å². The van der Waals surface area contributed by atoms with E-state index in [4.69, 9.17) is 0 Å². The maximum absolute atomic E-state index is 14.0. The van der Waals surface area contributed by atoms with Gasteiger partial charge in [0.2, 0.25) is 5.13 Å². The zero-order chi connectivity index (χ0) is 14.8. The summed E-state index contributed by atoms with van der Waals surface area (Å²) in [6.07, 6.45) is 3.18. The van der Waals surface area contributed by atoms with Crippen molar-refractivity contribution in [1.82, 2.24) is 9.97 Å². The number of aromatic nitrogens is 2. The Kier molecular flexibility index (Phi) is 3.62. The van der Waals surface area contributed by atoms with Crippen molar-refractivity contribution < 1.29 is 8.78 Å². The molecule has 0 unspecified atom stereocenters. The Morgan fingerprint density at radius 1 is 1.19 bits per heavy atom. The summed E-state index contributed by atoms with van der Waals surface area (Å²) in [7, 11) is 0. The van der Waals surface area contributed by atoms with E-state index in [1.165, 1.54) is 6.07 Å². The molecule has 6 heteroatoms. The molecule has 0 aliphatic carbocycles. The van der Waals surface area contributed by atoms with Crippen molar-refractivity contribution in [3.05, 3.63) is 59.2 Å². The molecular weight excluding hydrogens is 292 g/mol. The monoisotopic (exact) mass is 303 g/mol. The van der Waals surface area contributed by atoms with E-state index in [1.54, 1.807) is 43.6 Å². The molecule has 0 radical (unpaired) electrons. The summed E-state index contributed by atoms with van der Waals surface area (Å²) in [4.78, 5) is 8.18. The molecule has 0 aliphatic rings. The number of rotatable bonds is 3. The number of nitrogens with zero attached hydrogens (tertiary/aromatic N) is 2. The molecule has 0 fully saturated rings. The molecule has 2 aromatic heterocycles. The number of pyridine rings is 1. The standard InChI is InChI=1S/C15H11F2N3S/c1-9-7-11(4-5-12(9)16)19-15-20-13(14(17)21-15)10-3-2-6-18-8-10/h2-8H,1H3,(H,19,20). The van der Waals surface area contributed by atoms with Crippen LogP contribution in [0.5, 0.6) is 0 Å². The SMILES string of the molecule is Cc1cc(Nc2nc(-c3cccnc3)c(F)s2)ccc1F. The second kappa shape index (κ2) is 5.57. The molecule has 0 amide bonds. The second-order valence-electron chi connectivity index (χ2n) is 4.47. The van der Waals surface area contributed by atoms with Gasteiger partial charge in [-0.1, -0.05) is 11.3 Å². The van der Waals surface area contributed by atoms with Crippen LogP contribution in [0, 0.1) is 17.9 Å². The summed E-state index contributed by atoms with van der Waals surface area (Å²) in [5.41, 5.74) is 2.06. The lowest BCUT2D eigenvalue weighted by atomic mass is 10.2. The zero-order valence-electron chi connectivity index (χ0n) is 11.1. The first kappa shape index (κ1) is 13.6. The van der Waals surface area contributed by atoms with Gasteiger partial charge in [-0.15, -0.1) is 0 Å². The first-order valence-electron chi connectivity index (χ1n) is 6.23. The molecule has 0 saturated carbocycles. The van der Waals surface area contributed by atoms with Gasteiger partial charge in [-0.3, -0.25) is 4.98 Å². The number of hydrogen-bond acceptors (Lipinski definition) is 4. The van der Waals surface area contributed by atoms with Crippen molar-refractivity contribution in [2.45, 2.75) is 6.92 Å². The number of nitrogens with one attached hydrogen (secondary N) is 1. The molecule has 0 saturated heterocycles. The molecule has 106 valence electrons. The maximum atomic E-state index is 14.0. The van der Waals surface area contributed by atoms with E-state index < -0.39 is 0 Å².